The Morgan fingerprint density at radius 3 is 1.97 bits per heavy atom. The standard InChI is InChI=1S/C21H33N5O7/c1-12(23)18(29)24-15(4-2-3-9-22)19(30)25-16(10-13-5-7-14(28)8-6-13)20(31)26-17(11-27)21(32)33/h5-8,12,15-17,27-28H,2-4,9-11,22-23H2,1H3,(H,24,29)(H,25,30)(H,26,31)(H,32,33). The quantitative estimate of drug-likeness (QED) is 0.141. The summed E-state index contributed by atoms with van der Waals surface area (Å²) < 4.78 is 0. The van der Waals surface area contributed by atoms with E-state index in [0.717, 1.165) is 0 Å². The highest BCUT2D eigenvalue weighted by Gasteiger charge is 2.29. The molecule has 0 aliphatic heterocycles. The number of hydrogen-bond acceptors (Lipinski definition) is 8. The van der Waals surface area contributed by atoms with E-state index in [1.807, 2.05) is 0 Å². The van der Waals surface area contributed by atoms with Crippen LogP contribution in [0.4, 0.5) is 0 Å². The molecule has 1 aromatic carbocycles. The van der Waals surface area contributed by atoms with E-state index in [-0.39, 0.29) is 18.6 Å². The molecular weight excluding hydrogens is 434 g/mol. The Kier molecular flexibility index (Phi) is 11.8. The number of amides is 3. The molecule has 0 fully saturated rings. The van der Waals surface area contributed by atoms with Crippen LogP contribution >= 0.6 is 0 Å². The summed E-state index contributed by atoms with van der Waals surface area (Å²) in [4.78, 5) is 49.0. The first-order valence-corrected chi connectivity index (χ1v) is 10.6. The fourth-order valence-corrected chi connectivity index (χ4v) is 2.87. The number of unbranched alkanes of at least 4 members (excludes halogenated alkanes) is 1. The molecule has 0 aromatic heterocycles. The highest BCUT2D eigenvalue weighted by molar-refractivity contribution is 5.94. The predicted molar refractivity (Wildman–Crippen MR) is 119 cm³/mol. The Morgan fingerprint density at radius 1 is 0.909 bits per heavy atom. The van der Waals surface area contributed by atoms with Crippen molar-refractivity contribution in [1.29, 1.82) is 0 Å². The molecule has 10 N–H and O–H groups in total. The van der Waals surface area contributed by atoms with E-state index in [1.54, 1.807) is 12.1 Å². The van der Waals surface area contributed by atoms with Crippen molar-refractivity contribution in [3.8, 4) is 5.75 Å². The van der Waals surface area contributed by atoms with Gasteiger partial charge in [0.15, 0.2) is 0 Å². The van der Waals surface area contributed by atoms with Gasteiger partial charge >= 0.3 is 5.97 Å². The lowest BCUT2D eigenvalue weighted by atomic mass is 10.0. The first-order valence-electron chi connectivity index (χ1n) is 10.6. The van der Waals surface area contributed by atoms with E-state index in [9.17, 15) is 29.4 Å². The third-order valence-electron chi connectivity index (χ3n) is 4.80. The van der Waals surface area contributed by atoms with Crippen molar-refractivity contribution in [3.05, 3.63) is 29.8 Å². The maximum atomic E-state index is 13.0. The molecule has 0 saturated carbocycles. The second kappa shape index (κ2) is 14.0. The molecular formula is C21H33N5O7. The van der Waals surface area contributed by atoms with Gasteiger partial charge in [0, 0.05) is 6.42 Å². The summed E-state index contributed by atoms with van der Waals surface area (Å²) in [6.07, 6.45) is 1.37. The summed E-state index contributed by atoms with van der Waals surface area (Å²) in [7, 11) is 0. The van der Waals surface area contributed by atoms with E-state index in [1.165, 1.54) is 19.1 Å². The zero-order valence-corrected chi connectivity index (χ0v) is 18.5. The monoisotopic (exact) mass is 467 g/mol. The minimum absolute atomic E-state index is 0.00796. The zero-order chi connectivity index (χ0) is 25.0. The Hall–Kier alpha value is -3.22. The lowest BCUT2D eigenvalue weighted by molar-refractivity contribution is -0.143. The number of benzene rings is 1. The van der Waals surface area contributed by atoms with Crippen molar-refractivity contribution >= 4 is 23.7 Å². The Labute approximate surface area is 191 Å². The molecule has 0 spiro atoms. The van der Waals surface area contributed by atoms with Crippen molar-refractivity contribution in [1.82, 2.24) is 16.0 Å². The highest BCUT2D eigenvalue weighted by Crippen LogP contribution is 2.12. The number of nitrogens with one attached hydrogen (secondary N) is 3. The van der Waals surface area contributed by atoms with Crippen molar-refractivity contribution in [3.63, 3.8) is 0 Å². The van der Waals surface area contributed by atoms with Crippen LogP contribution in [0.2, 0.25) is 0 Å². The Bertz CT molecular complexity index is 801. The molecule has 1 rings (SSSR count). The first kappa shape index (κ1) is 27.8. The van der Waals surface area contributed by atoms with E-state index in [4.69, 9.17) is 16.6 Å². The van der Waals surface area contributed by atoms with Crippen molar-refractivity contribution in [2.45, 2.75) is 56.8 Å². The van der Waals surface area contributed by atoms with Gasteiger partial charge in [-0.05, 0) is 50.4 Å². The summed E-state index contributed by atoms with van der Waals surface area (Å²) in [6.45, 7) is 1.03. The fourth-order valence-electron chi connectivity index (χ4n) is 2.87. The maximum absolute atomic E-state index is 13.0. The molecule has 0 radical (unpaired) electrons. The third-order valence-corrected chi connectivity index (χ3v) is 4.80. The van der Waals surface area contributed by atoms with Gasteiger partial charge in [0.05, 0.1) is 12.6 Å². The molecule has 0 aliphatic rings. The van der Waals surface area contributed by atoms with Crippen LogP contribution < -0.4 is 27.4 Å². The Morgan fingerprint density at radius 2 is 1.45 bits per heavy atom. The number of phenolic OH excluding ortho intramolecular Hbond substituents is 1. The van der Waals surface area contributed by atoms with Gasteiger partial charge in [0.25, 0.3) is 0 Å². The first-order chi connectivity index (χ1) is 15.6. The summed E-state index contributed by atoms with van der Waals surface area (Å²) in [6, 6.07) is 1.26. The van der Waals surface area contributed by atoms with E-state index in [2.05, 4.69) is 16.0 Å². The van der Waals surface area contributed by atoms with Crippen LogP contribution in [0.3, 0.4) is 0 Å². The minimum atomic E-state index is -1.56. The molecule has 1 aromatic rings. The second-order valence-electron chi connectivity index (χ2n) is 7.65. The number of rotatable bonds is 14. The molecule has 0 saturated heterocycles. The molecule has 12 nitrogen and oxygen atoms in total. The molecule has 0 heterocycles. The van der Waals surface area contributed by atoms with Crippen LogP contribution in [0.1, 0.15) is 31.7 Å². The lowest BCUT2D eigenvalue weighted by Gasteiger charge is -2.25. The second-order valence-corrected chi connectivity index (χ2v) is 7.65. The van der Waals surface area contributed by atoms with Gasteiger partial charge in [0.2, 0.25) is 17.7 Å². The number of carboxylic acid groups (broad SMARTS) is 1. The highest BCUT2D eigenvalue weighted by atomic mass is 16.4. The minimum Gasteiger partial charge on any atom is -0.508 e. The molecule has 33 heavy (non-hydrogen) atoms. The van der Waals surface area contributed by atoms with E-state index >= 15 is 0 Å². The summed E-state index contributed by atoms with van der Waals surface area (Å²) in [5, 5.41) is 35.0. The summed E-state index contributed by atoms with van der Waals surface area (Å²) in [5.41, 5.74) is 11.6. The van der Waals surface area contributed by atoms with Gasteiger partial charge < -0.3 is 42.7 Å². The molecule has 0 aliphatic carbocycles. The van der Waals surface area contributed by atoms with Gasteiger partial charge in [0.1, 0.15) is 23.9 Å². The largest absolute Gasteiger partial charge is 0.508 e. The molecule has 0 bridgehead atoms. The number of hydrogen-bond donors (Lipinski definition) is 8. The maximum Gasteiger partial charge on any atom is 0.328 e. The van der Waals surface area contributed by atoms with Crippen LogP contribution in [0, 0.1) is 0 Å². The van der Waals surface area contributed by atoms with Crippen LogP contribution in [-0.4, -0.2) is 76.3 Å². The number of aliphatic hydroxyl groups is 1. The van der Waals surface area contributed by atoms with E-state index in [0.29, 0.717) is 24.9 Å². The van der Waals surface area contributed by atoms with Gasteiger partial charge in [-0.1, -0.05) is 12.1 Å². The number of carbonyl (C=O) groups is 4. The van der Waals surface area contributed by atoms with Gasteiger partial charge in [-0.25, -0.2) is 4.79 Å². The average Bonchev–Trinajstić information content (AvgIpc) is 2.77. The molecule has 4 unspecified atom stereocenters. The zero-order valence-electron chi connectivity index (χ0n) is 18.5. The van der Waals surface area contributed by atoms with Crippen LogP contribution in [0.5, 0.6) is 5.75 Å². The van der Waals surface area contributed by atoms with Crippen molar-refractivity contribution < 1.29 is 34.5 Å². The SMILES string of the molecule is CC(N)C(=O)NC(CCCCN)C(=O)NC(Cc1ccc(O)cc1)C(=O)NC(CO)C(=O)O. The number of aliphatic carboxylic acids is 1. The molecule has 4 atom stereocenters. The number of carbonyl (C=O) groups excluding carboxylic acids is 3. The smallest absolute Gasteiger partial charge is 0.328 e. The average molecular weight is 468 g/mol. The lowest BCUT2D eigenvalue weighted by Crippen LogP contribution is -2.57. The number of phenols is 1. The normalized spacial score (nSPS) is 14.4. The van der Waals surface area contributed by atoms with Crippen molar-refractivity contribution in [2.75, 3.05) is 13.2 Å². The van der Waals surface area contributed by atoms with Crippen LogP contribution in [-0.2, 0) is 25.6 Å². The van der Waals surface area contributed by atoms with Gasteiger partial charge in [-0.3, -0.25) is 14.4 Å². The number of aromatic hydroxyl groups is 1. The molecule has 3 amide bonds. The van der Waals surface area contributed by atoms with E-state index < -0.39 is 54.5 Å². The predicted octanol–water partition coefficient (Wildman–Crippen LogP) is -2.06. The molecule has 12 heteroatoms. The fraction of sp³-hybridized carbons (Fsp3) is 0.524. The van der Waals surface area contributed by atoms with Gasteiger partial charge in [-0.15, -0.1) is 0 Å². The number of carboxylic acids is 1. The van der Waals surface area contributed by atoms with Crippen LogP contribution in [0.25, 0.3) is 0 Å². The third kappa shape index (κ3) is 9.85. The molecule has 184 valence electrons. The van der Waals surface area contributed by atoms with Gasteiger partial charge in [-0.2, -0.15) is 0 Å². The van der Waals surface area contributed by atoms with Crippen LogP contribution in [0.15, 0.2) is 24.3 Å². The Balaban J connectivity index is 3.07. The summed E-state index contributed by atoms with van der Waals surface area (Å²) in [5.74, 6) is -3.47. The summed E-state index contributed by atoms with van der Waals surface area (Å²) >= 11 is 0. The topological polar surface area (TPSA) is 217 Å². The van der Waals surface area contributed by atoms with Crippen molar-refractivity contribution in [2.24, 2.45) is 11.5 Å². The number of nitrogens with two attached hydrogens (primary N) is 2. The number of aliphatic hydroxyl groups excluding tert-OH is 1.